The van der Waals surface area contributed by atoms with Crippen molar-refractivity contribution in [3.63, 3.8) is 0 Å². The van der Waals surface area contributed by atoms with E-state index in [2.05, 4.69) is 24.1 Å². The van der Waals surface area contributed by atoms with Crippen LogP contribution in [-0.4, -0.2) is 23.0 Å². The van der Waals surface area contributed by atoms with Crippen molar-refractivity contribution in [3.8, 4) is 5.75 Å². The molecule has 6 nitrogen and oxygen atoms in total. The van der Waals surface area contributed by atoms with Gasteiger partial charge in [0.15, 0.2) is 0 Å². The van der Waals surface area contributed by atoms with Crippen molar-refractivity contribution < 1.29 is 13.9 Å². The molecule has 2 unspecified atom stereocenters. The molecule has 1 amide bonds. The van der Waals surface area contributed by atoms with Gasteiger partial charge in [-0.25, -0.2) is 4.98 Å². The van der Waals surface area contributed by atoms with E-state index in [1.54, 1.807) is 14.0 Å². The Balaban J connectivity index is 1.72. The van der Waals surface area contributed by atoms with Gasteiger partial charge in [0.05, 0.1) is 29.7 Å². The van der Waals surface area contributed by atoms with E-state index in [1.807, 2.05) is 42.5 Å². The lowest BCUT2D eigenvalue weighted by Crippen LogP contribution is -2.33. The number of furan rings is 1. The molecule has 0 saturated carbocycles. The molecule has 6 heteroatoms. The molecule has 2 aromatic carbocycles. The van der Waals surface area contributed by atoms with E-state index in [4.69, 9.17) is 14.1 Å². The van der Waals surface area contributed by atoms with Gasteiger partial charge in [-0.2, -0.15) is 0 Å². The highest BCUT2D eigenvalue weighted by atomic mass is 16.5. The summed E-state index contributed by atoms with van der Waals surface area (Å²) in [6, 6.07) is 13.1. The fourth-order valence-corrected chi connectivity index (χ4v) is 3.66. The number of rotatable bonds is 6. The number of fused-ring (bicyclic) bond motifs is 2. The Morgan fingerprint density at radius 3 is 2.79 bits per heavy atom. The first-order valence-electron chi connectivity index (χ1n) is 9.84. The van der Waals surface area contributed by atoms with Gasteiger partial charge in [-0.15, -0.1) is 0 Å². The summed E-state index contributed by atoms with van der Waals surface area (Å²) in [6.07, 6.45) is 0.904. The van der Waals surface area contributed by atoms with Crippen LogP contribution in [0.1, 0.15) is 48.3 Å². The number of amides is 1. The van der Waals surface area contributed by atoms with E-state index in [0.29, 0.717) is 22.7 Å². The lowest BCUT2D eigenvalue weighted by Gasteiger charge is -2.22. The standard InChI is InChI=1S/C23H25N3O3/c1-5-13(2)21(22-24-17-8-6-7-9-18(17)25-22)26-23(27)20-14(3)29-19-11-10-15(28-4)12-16(19)20/h6-13,21H,5H2,1-4H3,(H,24,25)(H,26,27). The predicted octanol–water partition coefficient (Wildman–Crippen LogP) is 5.14. The molecule has 0 saturated heterocycles. The molecule has 0 aliphatic carbocycles. The molecule has 0 spiro atoms. The summed E-state index contributed by atoms with van der Waals surface area (Å²) in [4.78, 5) is 21.4. The normalized spacial score (nSPS) is 13.5. The number of aryl methyl sites for hydroxylation is 1. The van der Waals surface area contributed by atoms with Crippen molar-refractivity contribution in [1.29, 1.82) is 0 Å². The second kappa shape index (κ2) is 7.62. The minimum absolute atomic E-state index is 0.180. The van der Waals surface area contributed by atoms with Crippen LogP contribution in [-0.2, 0) is 0 Å². The second-order valence-electron chi connectivity index (χ2n) is 7.37. The third-order valence-corrected chi connectivity index (χ3v) is 5.50. The number of nitrogens with zero attached hydrogens (tertiary/aromatic N) is 1. The van der Waals surface area contributed by atoms with Gasteiger partial charge in [0.1, 0.15) is 22.9 Å². The summed E-state index contributed by atoms with van der Waals surface area (Å²) >= 11 is 0. The third kappa shape index (κ3) is 3.46. The summed E-state index contributed by atoms with van der Waals surface area (Å²) in [5, 5.41) is 3.93. The lowest BCUT2D eigenvalue weighted by molar-refractivity contribution is 0.0920. The molecule has 0 aliphatic heterocycles. The zero-order valence-corrected chi connectivity index (χ0v) is 17.1. The van der Waals surface area contributed by atoms with Gasteiger partial charge in [-0.1, -0.05) is 32.4 Å². The van der Waals surface area contributed by atoms with Crippen molar-refractivity contribution in [2.24, 2.45) is 5.92 Å². The van der Waals surface area contributed by atoms with Gasteiger partial charge in [0.2, 0.25) is 0 Å². The summed E-state index contributed by atoms with van der Waals surface area (Å²) in [6.45, 7) is 6.03. The van der Waals surface area contributed by atoms with Gasteiger partial charge in [0.25, 0.3) is 5.91 Å². The minimum Gasteiger partial charge on any atom is -0.497 e. The van der Waals surface area contributed by atoms with Gasteiger partial charge in [-0.3, -0.25) is 4.79 Å². The Labute approximate surface area is 169 Å². The Kier molecular flexibility index (Phi) is 5.01. The number of imidazole rings is 1. The second-order valence-corrected chi connectivity index (χ2v) is 7.37. The lowest BCUT2D eigenvalue weighted by atomic mass is 9.97. The maximum atomic E-state index is 13.3. The summed E-state index contributed by atoms with van der Waals surface area (Å²) in [5.41, 5.74) is 3.04. The van der Waals surface area contributed by atoms with Gasteiger partial charge >= 0.3 is 0 Å². The molecular formula is C23H25N3O3. The van der Waals surface area contributed by atoms with E-state index >= 15 is 0 Å². The monoisotopic (exact) mass is 391 g/mol. The molecule has 0 radical (unpaired) electrons. The van der Waals surface area contributed by atoms with Gasteiger partial charge < -0.3 is 19.5 Å². The number of carbonyl (C=O) groups excluding carboxylic acids is 1. The average Bonchev–Trinajstić information content (AvgIpc) is 3.30. The van der Waals surface area contributed by atoms with E-state index in [-0.39, 0.29) is 17.9 Å². The Morgan fingerprint density at radius 1 is 1.28 bits per heavy atom. The highest BCUT2D eigenvalue weighted by Gasteiger charge is 2.27. The quantitative estimate of drug-likeness (QED) is 0.477. The van der Waals surface area contributed by atoms with Crippen LogP contribution in [0.5, 0.6) is 5.75 Å². The number of carbonyl (C=O) groups is 1. The number of para-hydroxylation sites is 2. The number of hydrogen-bond acceptors (Lipinski definition) is 4. The molecule has 0 aliphatic rings. The van der Waals surface area contributed by atoms with Crippen LogP contribution in [0.4, 0.5) is 0 Å². The van der Waals surface area contributed by atoms with E-state index in [0.717, 1.165) is 28.7 Å². The van der Waals surface area contributed by atoms with Crippen molar-refractivity contribution in [2.45, 2.75) is 33.2 Å². The average molecular weight is 391 g/mol. The molecule has 150 valence electrons. The van der Waals surface area contributed by atoms with E-state index in [9.17, 15) is 4.79 Å². The molecule has 2 heterocycles. The highest BCUT2D eigenvalue weighted by molar-refractivity contribution is 6.07. The van der Waals surface area contributed by atoms with Crippen LogP contribution >= 0.6 is 0 Å². The first-order chi connectivity index (χ1) is 14.0. The number of H-pyrrole nitrogens is 1. The molecule has 4 aromatic rings. The first kappa shape index (κ1) is 19.1. The highest BCUT2D eigenvalue weighted by Crippen LogP contribution is 2.31. The van der Waals surface area contributed by atoms with Gasteiger partial charge in [0, 0.05) is 5.39 Å². The molecule has 0 fully saturated rings. The molecule has 29 heavy (non-hydrogen) atoms. The Bertz CT molecular complexity index is 1140. The zero-order chi connectivity index (χ0) is 20.5. The van der Waals surface area contributed by atoms with E-state index in [1.165, 1.54) is 0 Å². The van der Waals surface area contributed by atoms with Crippen LogP contribution in [0.15, 0.2) is 46.9 Å². The summed E-state index contributed by atoms with van der Waals surface area (Å²) < 4.78 is 11.1. The molecule has 2 aromatic heterocycles. The van der Waals surface area contributed by atoms with Crippen LogP contribution in [0.3, 0.4) is 0 Å². The topological polar surface area (TPSA) is 80.2 Å². The smallest absolute Gasteiger partial charge is 0.256 e. The fraction of sp³-hybridized carbons (Fsp3) is 0.304. The Morgan fingerprint density at radius 2 is 2.07 bits per heavy atom. The number of methoxy groups -OCH3 is 1. The maximum absolute atomic E-state index is 13.3. The number of aromatic nitrogens is 2. The van der Waals surface area contributed by atoms with Crippen molar-refractivity contribution >= 4 is 27.9 Å². The fourth-order valence-electron chi connectivity index (χ4n) is 3.66. The van der Waals surface area contributed by atoms with Crippen molar-refractivity contribution in [1.82, 2.24) is 15.3 Å². The van der Waals surface area contributed by atoms with Crippen molar-refractivity contribution in [2.75, 3.05) is 7.11 Å². The van der Waals surface area contributed by atoms with Crippen molar-refractivity contribution in [3.05, 3.63) is 59.6 Å². The minimum atomic E-state index is -0.241. The third-order valence-electron chi connectivity index (χ3n) is 5.50. The summed E-state index contributed by atoms with van der Waals surface area (Å²) in [5.74, 6) is 2.05. The molecule has 2 atom stereocenters. The van der Waals surface area contributed by atoms with Crippen LogP contribution < -0.4 is 10.1 Å². The summed E-state index contributed by atoms with van der Waals surface area (Å²) in [7, 11) is 1.61. The first-order valence-corrected chi connectivity index (χ1v) is 9.84. The van der Waals surface area contributed by atoms with E-state index < -0.39 is 0 Å². The number of aromatic amines is 1. The number of nitrogens with one attached hydrogen (secondary N) is 2. The Hall–Kier alpha value is -3.28. The SMILES string of the molecule is CCC(C)C(NC(=O)c1c(C)oc2ccc(OC)cc12)c1nc2ccccc2[nH]1. The number of benzene rings is 2. The molecule has 4 rings (SSSR count). The predicted molar refractivity (Wildman–Crippen MR) is 113 cm³/mol. The number of hydrogen-bond donors (Lipinski definition) is 2. The van der Waals surface area contributed by atoms with Crippen LogP contribution in [0.25, 0.3) is 22.0 Å². The van der Waals surface area contributed by atoms with Crippen LogP contribution in [0, 0.1) is 12.8 Å². The van der Waals surface area contributed by atoms with Crippen LogP contribution in [0.2, 0.25) is 0 Å². The molecule has 0 bridgehead atoms. The number of ether oxygens (including phenoxy) is 1. The van der Waals surface area contributed by atoms with Gasteiger partial charge in [-0.05, 0) is 43.2 Å². The molecular weight excluding hydrogens is 366 g/mol. The maximum Gasteiger partial charge on any atom is 0.256 e. The molecule has 2 N–H and O–H groups in total. The largest absolute Gasteiger partial charge is 0.497 e. The zero-order valence-electron chi connectivity index (χ0n) is 17.1.